The van der Waals surface area contributed by atoms with Crippen molar-refractivity contribution in [2.45, 2.75) is 82.1 Å². The largest absolute Gasteiger partial charge is 0.493 e. The van der Waals surface area contributed by atoms with Crippen molar-refractivity contribution < 1.29 is 76.4 Å². The van der Waals surface area contributed by atoms with Gasteiger partial charge in [0.1, 0.15) is 24.1 Å². The van der Waals surface area contributed by atoms with Gasteiger partial charge in [0, 0.05) is 24.7 Å². The van der Waals surface area contributed by atoms with Gasteiger partial charge in [0.25, 0.3) is 0 Å². The van der Waals surface area contributed by atoms with Crippen molar-refractivity contribution in [3.8, 4) is 28.7 Å². The fraction of sp³-hybridized carbons (Fsp3) is 0.590. The summed E-state index contributed by atoms with van der Waals surface area (Å²) >= 11 is 0. The molecule has 0 saturated carbocycles. The van der Waals surface area contributed by atoms with Gasteiger partial charge in [-0.25, -0.2) is 0 Å². The number of esters is 3. The maximum atomic E-state index is 13.9. The summed E-state index contributed by atoms with van der Waals surface area (Å²) in [5.41, 5.74) is 1.83. The van der Waals surface area contributed by atoms with Gasteiger partial charge in [-0.1, -0.05) is 0 Å². The summed E-state index contributed by atoms with van der Waals surface area (Å²) in [5, 5.41) is 11.7. The second-order valence-corrected chi connectivity index (χ2v) is 14.7. The van der Waals surface area contributed by atoms with Crippen molar-refractivity contribution in [2.24, 2.45) is 11.8 Å². The van der Waals surface area contributed by atoms with Crippen LogP contribution in [-0.2, 0) is 47.6 Å². The molecule has 3 saturated heterocycles. The standard InChI is InChI=1S/C39H47NO16/c1-18(41)8-7-9-29(42)54-37-33(44)36-28(16-48-19(2)52-36)53-39(37)56-34-22-13-25-24(50-17-51-25)12-21(22)31(32-23(34)15-49-38(32)45)20-10-26(46-5)35(27(11-20)47-6)55-30(43)14-40(3)4/h10-13,19,23,28,31-34,36-37,39,44H,7-9,14-17H2,1-6H3/t19-,23+,28-,31?,32+,33+,34-,36-,37-,39+/m1/s1. The molecule has 4 aliphatic heterocycles. The highest BCUT2D eigenvalue weighted by Crippen LogP contribution is 2.57. The zero-order valence-electron chi connectivity index (χ0n) is 32.1. The van der Waals surface area contributed by atoms with Gasteiger partial charge in [0.2, 0.25) is 12.5 Å². The highest BCUT2D eigenvalue weighted by Gasteiger charge is 2.57. The molecule has 0 radical (unpaired) electrons. The third-order valence-corrected chi connectivity index (χ3v) is 10.5. The molecule has 2 aromatic carbocycles. The third-order valence-electron chi connectivity index (χ3n) is 10.5. The second kappa shape index (κ2) is 16.5. The van der Waals surface area contributed by atoms with Crippen molar-refractivity contribution in [1.29, 1.82) is 0 Å². The van der Waals surface area contributed by atoms with E-state index >= 15 is 0 Å². The molecule has 4 heterocycles. The number of benzene rings is 2. The van der Waals surface area contributed by atoms with Crippen molar-refractivity contribution in [1.82, 2.24) is 4.90 Å². The Hall–Kier alpha value is -4.52. The predicted molar refractivity (Wildman–Crippen MR) is 189 cm³/mol. The molecule has 56 heavy (non-hydrogen) atoms. The predicted octanol–water partition coefficient (Wildman–Crippen LogP) is 2.41. The van der Waals surface area contributed by atoms with Crippen LogP contribution in [0.4, 0.5) is 0 Å². The molecule has 0 aromatic heterocycles. The Kier molecular flexibility index (Phi) is 11.7. The fourth-order valence-electron chi connectivity index (χ4n) is 8.03. The Labute approximate surface area is 323 Å². The van der Waals surface area contributed by atoms with Crippen LogP contribution in [0.15, 0.2) is 24.3 Å². The van der Waals surface area contributed by atoms with Gasteiger partial charge in [-0.05, 0) is 75.3 Å². The number of carbonyl (C=O) groups is 4. The maximum Gasteiger partial charge on any atom is 0.325 e. The maximum absolute atomic E-state index is 13.9. The van der Waals surface area contributed by atoms with Crippen LogP contribution < -0.4 is 23.7 Å². The molecule has 10 atom stereocenters. The minimum Gasteiger partial charge on any atom is -0.493 e. The molecule has 2 aromatic rings. The summed E-state index contributed by atoms with van der Waals surface area (Å²) in [4.78, 5) is 52.9. The molecule has 0 amide bonds. The van der Waals surface area contributed by atoms with E-state index in [2.05, 4.69) is 0 Å². The Bertz CT molecular complexity index is 1810. The number of carbonyl (C=O) groups excluding carboxylic acids is 4. The van der Waals surface area contributed by atoms with E-state index in [0.29, 0.717) is 28.2 Å². The minimum absolute atomic E-state index is 0.0104. The Morgan fingerprint density at radius 2 is 1.61 bits per heavy atom. The number of cyclic esters (lactones) is 1. The van der Waals surface area contributed by atoms with Crippen LogP contribution in [0.3, 0.4) is 0 Å². The molecule has 17 nitrogen and oxygen atoms in total. The average molecular weight is 786 g/mol. The van der Waals surface area contributed by atoms with E-state index in [1.54, 1.807) is 50.2 Å². The number of nitrogens with zero attached hydrogens (tertiary/aromatic N) is 1. The van der Waals surface area contributed by atoms with Gasteiger partial charge in [0.15, 0.2) is 41.7 Å². The van der Waals surface area contributed by atoms with Gasteiger partial charge < -0.3 is 62.0 Å². The van der Waals surface area contributed by atoms with Crippen molar-refractivity contribution in [2.75, 3.05) is 54.9 Å². The lowest BCUT2D eigenvalue weighted by molar-refractivity contribution is -0.365. The van der Waals surface area contributed by atoms with Gasteiger partial charge in [-0.3, -0.25) is 19.3 Å². The van der Waals surface area contributed by atoms with Crippen molar-refractivity contribution in [3.05, 3.63) is 41.0 Å². The van der Waals surface area contributed by atoms with E-state index in [4.69, 9.17) is 52.1 Å². The number of hydrogen-bond acceptors (Lipinski definition) is 17. The van der Waals surface area contributed by atoms with Crippen LogP contribution in [0.25, 0.3) is 0 Å². The molecule has 0 spiro atoms. The van der Waals surface area contributed by atoms with Crippen LogP contribution in [0, 0.1) is 11.8 Å². The molecular formula is C39H47NO16. The van der Waals surface area contributed by atoms with Crippen LogP contribution in [0.1, 0.15) is 61.8 Å². The van der Waals surface area contributed by atoms with E-state index in [1.807, 2.05) is 0 Å². The Morgan fingerprint density at radius 3 is 2.27 bits per heavy atom. The molecule has 3 fully saturated rings. The first-order chi connectivity index (χ1) is 26.9. The van der Waals surface area contributed by atoms with Crippen molar-refractivity contribution in [3.63, 3.8) is 0 Å². The smallest absolute Gasteiger partial charge is 0.325 e. The van der Waals surface area contributed by atoms with E-state index in [-0.39, 0.29) is 68.8 Å². The van der Waals surface area contributed by atoms with Crippen LogP contribution in [0.5, 0.6) is 28.7 Å². The lowest BCUT2D eigenvalue weighted by Gasteiger charge is -2.48. The molecular weight excluding hydrogens is 738 g/mol. The van der Waals surface area contributed by atoms with Crippen LogP contribution >= 0.6 is 0 Å². The van der Waals surface area contributed by atoms with Gasteiger partial charge in [0.05, 0.1) is 46.0 Å². The first-order valence-electron chi connectivity index (χ1n) is 18.5. The number of likely N-dealkylation sites (N-methyl/N-ethyl adjacent to an activating group) is 1. The lowest BCUT2D eigenvalue weighted by Crippen LogP contribution is -2.64. The SMILES string of the molecule is COc1cc(C2c3cc4c(cc3[C@@H](O[C@@H]3O[C@@H]5CO[C@@H](C)O[C@H]5[C@H](O)[C@H]3OC(=O)CCCC(C)=O)[C@H]3COC(=O)[C@H]23)OCO4)cc(OC)c1OC(=O)CN(C)C. The highest BCUT2D eigenvalue weighted by molar-refractivity contribution is 5.80. The zero-order chi connectivity index (χ0) is 39.8. The van der Waals surface area contributed by atoms with E-state index in [0.717, 1.165) is 0 Å². The summed E-state index contributed by atoms with van der Waals surface area (Å²) in [6.45, 7) is 3.14. The molecule has 17 heteroatoms. The number of Topliss-reactive ketones (excluding diaryl/α,β-unsaturated/α-hetero) is 1. The van der Waals surface area contributed by atoms with Crippen molar-refractivity contribution >= 4 is 23.7 Å². The summed E-state index contributed by atoms with van der Waals surface area (Å²) in [6, 6.07) is 6.94. The van der Waals surface area contributed by atoms with Gasteiger partial charge in [-0.2, -0.15) is 0 Å². The molecule has 5 aliphatic rings. The Morgan fingerprint density at radius 1 is 0.911 bits per heavy atom. The topological polar surface area (TPSA) is 193 Å². The summed E-state index contributed by atoms with van der Waals surface area (Å²) in [6.07, 6.45) is -6.95. The lowest BCUT2D eigenvalue weighted by atomic mass is 9.66. The number of fused-ring (bicyclic) bond motifs is 4. The molecule has 1 unspecified atom stereocenters. The van der Waals surface area contributed by atoms with Gasteiger partial charge in [-0.15, -0.1) is 0 Å². The highest BCUT2D eigenvalue weighted by atomic mass is 16.8. The van der Waals surface area contributed by atoms with Crippen LogP contribution in [-0.4, -0.2) is 126 Å². The molecule has 7 rings (SSSR count). The summed E-state index contributed by atoms with van der Waals surface area (Å²) in [7, 11) is 6.35. The fourth-order valence-corrected chi connectivity index (χ4v) is 8.03. The second-order valence-electron chi connectivity index (χ2n) is 14.7. The van der Waals surface area contributed by atoms with Gasteiger partial charge >= 0.3 is 17.9 Å². The number of hydrogen-bond donors (Lipinski definition) is 1. The number of methoxy groups -OCH3 is 2. The third kappa shape index (κ3) is 7.88. The summed E-state index contributed by atoms with van der Waals surface area (Å²) in [5.74, 6) is -2.50. The quantitative estimate of drug-likeness (QED) is 0.230. The van der Waals surface area contributed by atoms with E-state index < -0.39 is 78.8 Å². The average Bonchev–Trinajstić information content (AvgIpc) is 3.78. The molecule has 1 aliphatic carbocycles. The monoisotopic (exact) mass is 785 g/mol. The van der Waals surface area contributed by atoms with E-state index in [1.165, 1.54) is 21.1 Å². The zero-order valence-corrected chi connectivity index (χ0v) is 32.1. The van der Waals surface area contributed by atoms with E-state index in [9.17, 15) is 24.3 Å². The minimum atomic E-state index is -1.38. The summed E-state index contributed by atoms with van der Waals surface area (Å²) < 4.78 is 65.0. The number of ether oxygens (including phenoxy) is 11. The number of aliphatic hydroxyl groups excluding tert-OH is 1. The number of ketones is 1. The normalized spacial score (nSPS) is 30.1. The van der Waals surface area contributed by atoms with Crippen LogP contribution in [0.2, 0.25) is 0 Å². The molecule has 1 N–H and O–H groups in total. The Balaban J connectivity index is 1.28. The first-order valence-corrected chi connectivity index (χ1v) is 18.5. The molecule has 0 bridgehead atoms. The molecule has 304 valence electrons. The number of rotatable bonds is 13. The first kappa shape index (κ1) is 39.7. The number of aliphatic hydroxyl groups is 1.